The van der Waals surface area contributed by atoms with Gasteiger partial charge in [0.05, 0.1) is 5.52 Å². The minimum Gasteiger partial charge on any atom is -0.408 e. The van der Waals surface area contributed by atoms with Gasteiger partial charge in [-0.2, -0.15) is 13.2 Å². The van der Waals surface area contributed by atoms with E-state index in [2.05, 4.69) is 5.32 Å². The molecular weight excluding hydrogens is 261 g/mol. The predicted molar refractivity (Wildman–Crippen MR) is 63.9 cm³/mol. The summed E-state index contributed by atoms with van der Waals surface area (Å²) in [5.41, 5.74) is 0.638. The Morgan fingerprint density at radius 1 is 1.42 bits per heavy atom. The number of aromatic nitrogens is 1. The summed E-state index contributed by atoms with van der Waals surface area (Å²) in [6.45, 7) is 1.78. The molecule has 1 aromatic carbocycles. The van der Waals surface area contributed by atoms with E-state index in [1.54, 1.807) is 6.92 Å². The molecule has 19 heavy (non-hydrogen) atoms. The van der Waals surface area contributed by atoms with Gasteiger partial charge in [-0.25, -0.2) is 4.79 Å². The second-order valence-electron chi connectivity index (χ2n) is 4.19. The Morgan fingerprint density at radius 3 is 2.68 bits per heavy atom. The third-order valence-corrected chi connectivity index (χ3v) is 2.89. The Hall–Kier alpha value is -1.76. The topological polar surface area (TPSA) is 47.2 Å². The zero-order valence-electron chi connectivity index (χ0n) is 10.4. The molecule has 1 aromatic heterocycles. The van der Waals surface area contributed by atoms with E-state index in [1.165, 1.54) is 29.8 Å². The minimum absolute atomic E-state index is 0.0243. The van der Waals surface area contributed by atoms with Gasteiger partial charge in [0.2, 0.25) is 0 Å². The zero-order chi connectivity index (χ0) is 14.2. The van der Waals surface area contributed by atoms with Crippen molar-refractivity contribution in [2.24, 2.45) is 7.05 Å². The van der Waals surface area contributed by atoms with E-state index in [0.717, 1.165) is 0 Å². The molecule has 0 aliphatic carbocycles. The van der Waals surface area contributed by atoms with E-state index in [0.29, 0.717) is 5.52 Å². The molecule has 1 atom stereocenters. The number of halogens is 3. The lowest BCUT2D eigenvalue weighted by Gasteiger charge is -2.21. The van der Waals surface area contributed by atoms with Crippen LogP contribution < -0.4 is 11.1 Å². The molecule has 0 saturated heterocycles. The van der Waals surface area contributed by atoms with Gasteiger partial charge in [-0.05, 0) is 24.2 Å². The molecule has 4 nitrogen and oxygen atoms in total. The van der Waals surface area contributed by atoms with Crippen molar-refractivity contribution < 1.29 is 17.6 Å². The monoisotopic (exact) mass is 274 g/mol. The lowest BCUT2D eigenvalue weighted by molar-refractivity contribution is -0.157. The molecule has 0 aliphatic heterocycles. The number of alkyl halides is 3. The second kappa shape index (κ2) is 4.73. The van der Waals surface area contributed by atoms with Gasteiger partial charge in [0.1, 0.15) is 6.04 Å². The van der Waals surface area contributed by atoms with Crippen LogP contribution in [-0.4, -0.2) is 17.3 Å². The van der Waals surface area contributed by atoms with Gasteiger partial charge >= 0.3 is 11.9 Å². The van der Waals surface area contributed by atoms with Crippen LogP contribution in [0.25, 0.3) is 11.1 Å². The molecule has 0 aliphatic rings. The first kappa shape index (κ1) is 13.7. The third-order valence-electron chi connectivity index (χ3n) is 2.89. The molecule has 0 radical (unpaired) electrons. The SMILES string of the molecule is CCNC(c1ccc2c(c1)oc(=O)n2C)C(F)(F)F. The summed E-state index contributed by atoms with van der Waals surface area (Å²) >= 11 is 0. The van der Waals surface area contributed by atoms with E-state index in [-0.39, 0.29) is 17.7 Å². The van der Waals surface area contributed by atoms with Crippen LogP contribution in [0.5, 0.6) is 0 Å². The third kappa shape index (κ3) is 2.51. The van der Waals surface area contributed by atoms with E-state index in [4.69, 9.17) is 4.42 Å². The lowest BCUT2D eigenvalue weighted by Crippen LogP contribution is -2.33. The molecule has 1 N–H and O–H groups in total. The van der Waals surface area contributed by atoms with Gasteiger partial charge in [0.15, 0.2) is 5.58 Å². The van der Waals surface area contributed by atoms with Crippen molar-refractivity contribution in [3.63, 3.8) is 0 Å². The fourth-order valence-corrected chi connectivity index (χ4v) is 1.96. The predicted octanol–water partition coefficient (Wildman–Crippen LogP) is 2.34. The number of benzene rings is 1. The van der Waals surface area contributed by atoms with E-state index < -0.39 is 18.0 Å². The summed E-state index contributed by atoms with van der Waals surface area (Å²) in [6.07, 6.45) is -4.40. The highest BCUT2D eigenvalue weighted by Gasteiger charge is 2.40. The summed E-state index contributed by atoms with van der Waals surface area (Å²) in [4.78, 5) is 11.3. The summed E-state index contributed by atoms with van der Waals surface area (Å²) in [6, 6.07) is 2.27. The maximum absolute atomic E-state index is 12.9. The average Bonchev–Trinajstić information content (AvgIpc) is 2.60. The van der Waals surface area contributed by atoms with Crippen molar-refractivity contribution in [1.29, 1.82) is 0 Å². The van der Waals surface area contributed by atoms with Crippen LogP contribution in [0.3, 0.4) is 0 Å². The maximum atomic E-state index is 12.9. The Labute approximate surface area is 106 Å². The molecule has 0 fully saturated rings. The highest BCUT2D eigenvalue weighted by molar-refractivity contribution is 5.73. The maximum Gasteiger partial charge on any atom is 0.419 e. The Morgan fingerprint density at radius 2 is 2.11 bits per heavy atom. The molecule has 0 saturated carbocycles. The van der Waals surface area contributed by atoms with Crippen LogP contribution in [0.15, 0.2) is 27.4 Å². The molecule has 0 amide bonds. The number of hydrogen-bond acceptors (Lipinski definition) is 3. The van der Waals surface area contributed by atoms with Crippen LogP contribution >= 0.6 is 0 Å². The second-order valence-corrected chi connectivity index (χ2v) is 4.19. The zero-order valence-corrected chi connectivity index (χ0v) is 10.4. The van der Waals surface area contributed by atoms with Crippen molar-refractivity contribution in [3.8, 4) is 0 Å². The molecule has 2 aromatic rings. The molecule has 0 bridgehead atoms. The van der Waals surface area contributed by atoms with E-state index >= 15 is 0 Å². The van der Waals surface area contributed by atoms with Gasteiger partial charge in [0.25, 0.3) is 0 Å². The largest absolute Gasteiger partial charge is 0.419 e. The molecular formula is C12H13F3N2O2. The fraction of sp³-hybridized carbons (Fsp3) is 0.417. The number of nitrogens with zero attached hydrogens (tertiary/aromatic N) is 1. The Balaban J connectivity index is 2.52. The van der Waals surface area contributed by atoms with E-state index in [1.807, 2.05) is 0 Å². The molecule has 1 unspecified atom stereocenters. The number of nitrogens with one attached hydrogen (secondary N) is 1. The van der Waals surface area contributed by atoms with Crippen LogP contribution in [-0.2, 0) is 7.05 Å². The highest BCUT2D eigenvalue weighted by Crippen LogP contribution is 2.33. The Bertz CT molecular complexity index is 642. The van der Waals surface area contributed by atoms with Gasteiger partial charge in [-0.3, -0.25) is 4.57 Å². The summed E-state index contributed by atoms with van der Waals surface area (Å²) in [7, 11) is 1.50. The highest BCUT2D eigenvalue weighted by atomic mass is 19.4. The quantitative estimate of drug-likeness (QED) is 0.934. The number of hydrogen-bond donors (Lipinski definition) is 1. The van der Waals surface area contributed by atoms with E-state index in [9.17, 15) is 18.0 Å². The fourth-order valence-electron chi connectivity index (χ4n) is 1.96. The summed E-state index contributed by atoms with van der Waals surface area (Å²) in [5.74, 6) is -0.598. The van der Waals surface area contributed by atoms with Crippen molar-refractivity contribution in [3.05, 3.63) is 34.3 Å². The van der Waals surface area contributed by atoms with Crippen LogP contribution in [0.4, 0.5) is 13.2 Å². The minimum atomic E-state index is -4.40. The van der Waals surface area contributed by atoms with Crippen molar-refractivity contribution in [1.82, 2.24) is 9.88 Å². The summed E-state index contributed by atoms with van der Waals surface area (Å²) < 4.78 is 44.9. The first-order chi connectivity index (χ1) is 8.84. The lowest BCUT2D eigenvalue weighted by atomic mass is 10.1. The molecule has 1 heterocycles. The number of oxazole rings is 1. The smallest absolute Gasteiger partial charge is 0.408 e. The van der Waals surface area contributed by atoms with Gasteiger partial charge in [-0.1, -0.05) is 13.0 Å². The van der Waals surface area contributed by atoms with Crippen molar-refractivity contribution in [2.45, 2.75) is 19.1 Å². The first-order valence-electron chi connectivity index (χ1n) is 5.74. The normalized spacial score (nSPS) is 13.9. The van der Waals surface area contributed by atoms with Crippen LogP contribution in [0.1, 0.15) is 18.5 Å². The van der Waals surface area contributed by atoms with Crippen molar-refractivity contribution in [2.75, 3.05) is 6.54 Å². The molecule has 7 heteroatoms. The first-order valence-corrected chi connectivity index (χ1v) is 5.74. The van der Waals surface area contributed by atoms with Crippen LogP contribution in [0, 0.1) is 0 Å². The molecule has 104 valence electrons. The standard InChI is InChI=1S/C12H13F3N2O2/c1-3-16-10(12(13,14)15)7-4-5-8-9(6-7)19-11(18)17(8)2/h4-6,10,16H,3H2,1-2H3. The van der Waals surface area contributed by atoms with Crippen molar-refractivity contribution >= 4 is 11.1 Å². The van der Waals surface area contributed by atoms with Gasteiger partial charge in [-0.15, -0.1) is 0 Å². The average molecular weight is 274 g/mol. The number of fused-ring (bicyclic) bond motifs is 1. The van der Waals surface area contributed by atoms with Gasteiger partial charge in [0, 0.05) is 7.05 Å². The molecule has 2 rings (SSSR count). The van der Waals surface area contributed by atoms with Gasteiger partial charge < -0.3 is 9.73 Å². The van der Waals surface area contributed by atoms with Crippen LogP contribution in [0.2, 0.25) is 0 Å². The summed E-state index contributed by atoms with van der Waals surface area (Å²) in [5, 5.41) is 2.37. The molecule has 0 spiro atoms. The number of aryl methyl sites for hydroxylation is 1. The number of rotatable bonds is 3. The Kier molecular flexibility index (Phi) is 3.40.